The van der Waals surface area contributed by atoms with Gasteiger partial charge in [0.25, 0.3) is 11.5 Å². The van der Waals surface area contributed by atoms with Gasteiger partial charge in [0, 0.05) is 13.0 Å². The van der Waals surface area contributed by atoms with E-state index in [1.807, 2.05) is 0 Å². The van der Waals surface area contributed by atoms with E-state index in [0.717, 1.165) is 17.7 Å². The van der Waals surface area contributed by atoms with E-state index < -0.39 is 23.0 Å². The number of likely N-dealkylation sites (N-methyl/N-ethyl adjacent to an activating group) is 1. The van der Waals surface area contributed by atoms with E-state index in [2.05, 4.69) is 9.97 Å². The molecule has 2 rings (SSSR count). The molecule has 0 aromatic carbocycles. The van der Waals surface area contributed by atoms with E-state index in [1.54, 1.807) is 6.92 Å². The van der Waals surface area contributed by atoms with E-state index >= 15 is 0 Å². The summed E-state index contributed by atoms with van der Waals surface area (Å²) in [5.41, 5.74) is -1.69. The number of rotatable bonds is 4. The van der Waals surface area contributed by atoms with Gasteiger partial charge < -0.3 is 15.0 Å². The molecule has 0 radical (unpaired) electrons. The molecule has 2 N–H and O–H groups in total. The molecule has 0 aliphatic heterocycles. The minimum absolute atomic E-state index is 0.101. The summed E-state index contributed by atoms with van der Waals surface area (Å²) in [6, 6.07) is 0. The Labute approximate surface area is 122 Å². The third kappa shape index (κ3) is 2.68. The highest BCUT2D eigenvalue weighted by molar-refractivity contribution is 5.97. The van der Waals surface area contributed by atoms with Gasteiger partial charge in [0.1, 0.15) is 16.9 Å². The molecule has 1 aromatic heterocycles. The van der Waals surface area contributed by atoms with Crippen LogP contribution in [0.1, 0.15) is 54.5 Å². The molecule has 0 atom stereocenters. The highest BCUT2D eigenvalue weighted by Crippen LogP contribution is 2.37. The van der Waals surface area contributed by atoms with Gasteiger partial charge in [-0.1, -0.05) is 0 Å². The summed E-state index contributed by atoms with van der Waals surface area (Å²) >= 11 is 0. The van der Waals surface area contributed by atoms with Gasteiger partial charge in [0.05, 0.1) is 5.69 Å². The van der Waals surface area contributed by atoms with Gasteiger partial charge >= 0.3 is 5.97 Å². The van der Waals surface area contributed by atoms with E-state index in [0.29, 0.717) is 11.5 Å². The summed E-state index contributed by atoms with van der Waals surface area (Å²) in [6.45, 7) is 4.40. The van der Waals surface area contributed by atoms with Crippen molar-refractivity contribution >= 4 is 11.9 Å². The Bertz CT molecular complexity index is 659. The Hall–Kier alpha value is -2.18. The summed E-state index contributed by atoms with van der Waals surface area (Å²) in [5.74, 6) is -0.908. The van der Waals surface area contributed by atoms with Crippen molar-refractivity contribution in [3.05, 3.63) is 27.4 Å². The van der Waals surface area contributed by atoms with E-state index in [-0.39, 0.29) is 11.5 Å². The Morgan fingerprint density at radius 3 is 2.38 bits per heavy atom. The quantitative estimate of drug-likeness (QED) is 0.858. The van der Waals surface area contributed by atoms with Crippen LogP contribution in [-0.2, 0) is 4.79 Å². The Balaban J connectivity index is 2.40. The molecule has 7 nitrogen and oxygen atoms in total. The summed E-state index contributed by atoms with van der Waals surface area (Å²) in [6.07, 6.45) is 1.98. The molecule has 1 fully saturated rings. The molecule has 1 aliphatic carbocycles. The summed E-state index contributed by atoms with van der Waals surface area (Å²) in [5, 5.41) is 9.18. The fourth-order valence-electron chi connectivity index (χ4n) is 1.97. The first-order valence-corrected chi connectivity index (χ1v) is 6.78. The first kappa shape index (κ1) is 15.2. The maximum atomic E-state index is 12.4. The largest absolute Gasteiger partial charge is 0.480 e. The number of aryl methyl sites for hydroxylation is 1. The summed E-state index contributed by atoms with van der Waals surface area (Å²) in [4.78, 5) is 43.8. The average molecular weight is 293 g/mol. The first-order valence-electron chi connectivity index (χ1n) is 6.78. The summed E-state index contributed by atoms with van der Waals surface area (Å²) < 4.78 is 0. The van der Waals surface area contributed by atoms with Gasteiger partial charge in [-0.3, -0.25) is 9.59 Å². The van der Waals surface area contributed by atoms with Gasteiger partial charge in [-0.05, 0) is 33.6 Å². The van der Waals surface area contributed by atoms with Crippen molar-refractivity contribution in [3.8, 4) is 0 Å². The number of carbonyl (C=O) groups excluding carboxylic acids is 1. The Morgan fingerprint density at radius 1 is 1.38 bits per heavy atom. The second-order valence-electron chi connectivity index (χ2n) is 5.91. The minimum Gasteiger partial charge on any atom is -0.480 e. The molecule has 21 heavy (non-hydrogen) atoms. The lowest BCUT2D eigenvalue weighted by Gasteiger charge is -2.31. The topological polar surface area (TPSA) is 103 Å². The third-order valence-corrected chi connectivity index (χ3v) is 3.96. The lowest BCUT2D eigenvalue weighted by Crippen LogP contribution is -2.52. The lowest BCUT2D eigenvalue weighted by molar-refractivity contribution is -0.147. The second-order valence-corrected chi connectivity index (χ2v) is 5.91. The number of amides is 1. The van der Waals surface area contributed by atoms with Crippen LogP contribution in [0.5, 0.6) is 0 Å². The van der Waals surface area contributed by atoms with Crippen LogP contribution in [0.15, 0.2) is 4.79 Å². The van der Waals surface area contributed by atoms with Crippen LogP contribution in [0.2, 0.25) is 0 Å². The van der Waals surface area contributed by atoms with Crippen LogP contribution in [0.25, 0.3) is 0 Å². The number of carboxylic acid groups (broad SMARTS) is 1. The van der Waals surface area contributed by atoms with E-state index in [1.165, 1.54) is 20.9 Å². The van der Waals surface area contributed by atoms with Gasteiger partial charge in [0.2, 0.25) is 0 Å². The molecule has 7 heteroatoms. The number of aromatic amines is 1. The van der Waals surface area contributed by atoms with Crippen LogP contribution in [0.4, 0.5) is 0 Å². The minimum atomic E-state index is -1.41. The second kappa shape index (κ2) is 4.98. The van der Waals surface area contributed by atoms with Crippen molar-refractivity contribution < 1.29 is 14.7 Å². The molecule has 0 unspecified atom stereocenters. The molecule has 1 aliphatic rings. The number of hydrogen-bond acceptors (Lipinski definition) is 4. The monoisotopic (exact) mass is 293 g/mol. The number of carbonyl (C=O) groups is 2. The Kier molecular flexibility index (Phi) is 3.61. The molecule has 114 valence electrons. The third-order valence-electron chi connectivity index (χ3n) is 3.96. The highest BCUT2D eigenvalue weighted by Gasteiger charge is 2.37. The van der Waals surface area contributed by atoms with Crippen molar-refractivity contribution in [2.45, 2.75) is 45.1 Å². The van der Waals surface area contributed by atoms with Crippen LogP contribution in [-0.4, -0.2) is 44.4 Å². The lowest BCUT2D eigenvalue weighted by atomic mass is 10.0. The van der Waals surface area contributed by atoms with Gasteiger partial charge in [0.15, 0.2) is 0 Å². The predicted octanol–water partition coefficient (Wildman–Crippen LogP) is 0.891. The number of aromatic nitrogens is 2. The fraction of sp³-hybridized carbons (Fsp3) is 0.571. The van der Waals surface area contributed by atoms with E-state index in [9.17, 15) is 19.5 Å². The normalized spacial score (nSPS) is 14.9. The number of hydrogen-bond donors (Lipinski definition) is 2. The maximum Gasteiger partial charge on any atom is 0.329 e. The molecule has 0 saturated heterocycles. The molecule has 0 spiro atoms. The molecule has 0 bridgehead atoms. The van der Waals surface area contributed by atoms with Gasteiger partial charge in [-0.15, -0.1) is 0 Å². The molecule has 1 amide bonds. The Morgan fingerprint density at radius 2 is 1.95 bits per heavy atom. The molecule has 1 heterocycles. The van der Waals surface area contributed by atoms with Crippen molar-refractivity contribution in [3.63, 3.8) is 0 Å². The standard InChI is InChI=1S/C14H19N3O4/c1-7-9(11(18)16-10(15-7)8-5-6-8)12(19)17(4)14(2,3)13(20)21/h8H,5-6H2,1-4H3,(H,20,21)(H,15,16,18). The first-order chi connectivity index (χ1) is 9.66. The summed E-state index contributed by atoms with van der Waals surface area (Å²) in [7, 11) is 1.37. The molecular formula is C14H19N3O4. The number of H-pyrrole nitrogens is 1. The number of nitrogens with zero attached hydrogens (tertiary/aromatic N) is 2. The van der Waals surface area contributed by atoms with E-state index in [4.69, 9.17) is 0 Å². The zero-order chi connectivity index (χ0) is 15.9. The average Bonchev–Trinajstić information content (AvgIpc) is 3.20. The fourth-order valence-corrected chi connectivity index (χ4v) is 1.97. The molecule has 1 saturated carbocycles. The van der Waals surface area contributed by atoms with Gasteiger partial charge in [-0.25, -0.2) is 9.78 Å². The van der Waals surface area contributed by atoms with Crippen molar-refractivity contribution in [1.29, 1.82) is 0 Å². The molecular weight excluding hydrogens is 274 g/mol. The van der Waals surface area contributed by atoms with Crippen LogP contribution >= 0.6 is 0 Å². The molecule has 1 aromatic rings. The number of aliphatic carboxylic acids is 1. The predicted molar refractivity (Wildman–Crippen MR) is 75.4 cm³/mol. The zero-order valence-corrected chi connectivity index (χ0v) is 12.6. The van der Waals surface area contributed by atoms with Crippen molar-refractivity contribution in [2.24, 2.45) is 0 Å². The van der Waals surface area contributed by atoms with Gasteiger partial charge in [-0.2, -0.15) is 0 Å². The smallest absolute Gasteiger partial charge is 0.329 e. The van der Waals surface area contributed by atoms with Crippen molar-refractivity contribution in [1.82, 2.24) is 14.9 Å². The van der Waals surface area contributed by atoms with Crippen molar-refractivity contribution in [2.75, 3.05) is 7.05 Å². The van der Waals surface area contributed by atoms with Crippen LogP contribution < -0.4 is 5.56 Å². The number of nitrogens with one attached hydrogen (secondary N) is 1. The highest BCUT2D eigenvalue weighted by atomic mass is 16.4. The van der Waals surface area contributed by atoms with Crippen LogP contribution in [0.3, 0.4) is 0 Å². The SMILES string of the molecule is Cc1nc(C2CC2)[nH]c(=O)c1C(=O)N(C)C(C)(C)C(=O)O. The zero-order valence-electron chi connectivity index (χ0n) is 12.6. The maximum absolute atomic E-state index is 12.4. The number of carboxylic acids is 1. The van der Waals surface area contributed by atoms with Crippen LogP contribution in [0, 0.1) is 6.92 Å².